The molecule has 3 fully saturated rings. The molecule has 0 radical (unpaired) electrons. The van der Waals surface area contributed by atoms with Crippen LogP contribution in [-0.4, -0.2) is 68.5 Å². The summed E-state index contributed by atoms with van der Waals surface area (Å²) in [4.78, 5) is 24.6. The minimum atomic E-state index is -1.90. The Morgan fingerprint density at radius 3 is 2.64 bits per heavy atom. The summed E-state index contributed by atoms with van der Waals surface area (Å²) < 4.78 is 11.0. The van der Waals surface area contributed by atoms with E-state index >= 15 is 0 Å². The third-order valence-corrected chi connectivity index (χ3v) is 7.19. The average Bonchev–Trinajstić information content (AvgIpc) is 3.04. The summed E-state index contributed by atoms with van der Waals surface area (Å²) in [5.41, 5.74) is -2.87. The topological polar surface area (TPSA) is 113 Å². The number of rotatable bonds is 4. The van der Waals surface area contributed by atoms with E-state index in [1.807, 2.05) is 0 Å². The van der Waals surface area contributed by atoms with Crippen LogP contribution in [0.15, 0.2) is 24.3 Å². The highest BCUT2D eigenvalue weighted by molar-refractivity contribution is 6.20. The van der Waals surface area contributed by atoms with Gasteiger partial charge in [-0.15, -0.1) is 23.2 Å². The van der Waals surface area contributed by atoms with Gasteiger partial charge in [-0.3, -0.25) is 0 Å². The number of halogens is 2. The first-order valence-corrected chi connectivity index (χ1v) is 10.1. The highest BCUT2D eigenvalue weighted by Crippen LogP contribution is 2.55. The van der Waals surface area contributed by atoms with Gasteiger partial charge in [0.2, 0.25) is 0 Å². The number of alkyl halides is 2. The van der Waals surface area contributed by atoms with Gasteiger partial charge in [0.25, 0.3) is 0 Å². The maximum absolute atomic E-state index is 12.4. The highest BCUT2D eigenvalue weighted by Gasteiger charge is 2.64. The van der Waals surface area contributed by atoms with E-state index in [2.05, 4.69) is 13.2 Å². The van der Waals surface area contributed by atoms with Gasteiger partial charge < -0.3 is 24.8 Å². The first-order valence-electron chi connectivity index (χ1n) is 9.01. The van der Waals surface area contributed by atoms with Gasteiger partial charge in [0.1, 0.15) is 17.8 Å². The van der Waals surface area contributed by atoms with Crippen molar-refractivity contribution < 1.29 is 34.4 Å². The van der Waals surface area contributed by atoms with E-state index in [4.69, 9.17) is 32.7 Å². The summed E-state index contributed by atoms with van der Waals surface area (Å²) in [6.07, 6.45) is -2.54. The average molecular weight is 435 g/mol. The number of carbonyl (C=O) groups excluding carboxylic acids is 2. The number of aliphatic hydroxyl groups excluding tert-OH is 1. The van der Waals surface area contributed by atoms with E-state index in [1.54, 1.807) is 0 Å². The van der Waals surface area contributed by atoms with Crippen LogP contribution in [0.3, 0.4) is 0 Å². The summed E-state index contributed by atoms with van der Waals surface area (Å²) in [5.74, 6) is -4.11. The molecule has 8 atom stereocenters. The molecule has 0 amide bonds. The van der Waals surface area contributed by atoms with Crippen molar-refractivity contribution >= 4 is 35.1 Å². The zero-order valence-electron chi connectivity index (χ0n) is 15.4. The fourth-order valence-corrected chi connectivity index (χ4v) is 5.05. The number of esters is 2. The summed E-state index contributed by atoms with van der Waals surface area (Å²) in [6.45, 7) is 9.05. The molecule has 3 N–H and O–H groups in total. The molecule has 0 aromatic heterocycles. The maximum Gasteiger partial charge on any atom is 0.339 e. The first kappa shape index (κ1) is 21.6. The van der Waals surface area contributed by atoms with E-state index in [0.29, 0.717) is 5.57 Å². The Hall–Kier alpha value is -1.12. The second-order valence-electron chi connectivity index (χ2n) is 8.14. The number of fused-ring (bicyclic) bond motifs is 3. The lowest BCUT2D eigenvalue weighted by molar-refractivity contribution is -0.172. The van der Waals surface area contributed by atoms with Gasteiger partial charge >= 0.3 is 11.9 Å². The molecule has 0 spiro atoms. The van der Waals surface area contributed by atoms with Crippen molar-refractivity contribution in [2.75, 3.05) is 11.8 Å². The lowest BCUT2D eigenvalue weighted by atomic mass is 9.76. The van der Waals surface area contributed by atoms with Crippen LogP contribution in [0, 0.1) is 17.8 Å². The lowest BCUT2D eigenvalue weighted by Gasteiger charge is -2.37. The lowest BCUT2D eigenvalue weighted by Crippen LogP contribution is -2.52. The van der Waals surface area contributed by atoms with Gasteiger partial charge in [-0.25, -0.2) is 9.59 Å². The quantitative estimate of drug-likeness (QED) is 0.260. The van der Waals surface area contributed by atoms with Crippen LogP contribution in [0.25, 0.3) is 0 Å². The fourth-order valence-electron chi connectivity index (χ4n) is 4.58. The van der Waals surface area contributed by atoms with E-state index < -0.39 is 53.3 Å². The third kappa shape index (κ3) is 3.17. The van der Waals surface area contributed by atoms with Crippen LogP contribution in [0.5, 0.6) is 0 Å². The number of hydrogen-bond acceptors (Lipinski definition) is 7. The predicted octanol–water partition coefficient (Wildman–Crippen LogP) is 0.913. The second kappa shape index (κ2) is 7.29. The molecule has 1 saturated heterocycles. The Morgan fingerprint density at radius 2 is 2.07 bits per heavy atom. The van der Waals surface area contributed by atoms with E-state index in [0.717, 1.165) is 0 Å². The van der Waals surface area contributed by atoms with Crippen LogP contribution < -0.4 is 0 Å². The molecule has 2 saturated carbocycles. The minimum Gasteiger partial charge on any atom is -0.459 e. The van der Waals surface area contributed by atoms with Crippen LogP contribution in [0.1, 0.15) is 19.8 Å². The molecule has 3 aliphatic rings. The Kier molecular flexibility index (Phi) is 5.62. The normalized spacial score (nSPS) is 42.3. The zero-order valence-corrected chi connectivity index (χ0v) is 16.9. The molecule has 0 aromatic carbocycles. The standard InChI is InChI=1S/C19H24Cl2O7/c1-8-4-11(27-17(24)18(3,25)6-20)13-9(2)16(23)28-15(13)14-10(8)5-12(22)19(14,26)7-21/h10-15,22,25-26H,1-2,4-7H2,3H3/t10-,11-,12+,13+,14-,15+,18+,19+/m0/s1. The van der Waals surface area contributed by atoms with E-state index in [9.17, 15) is 24.9 Å². The molecule has 28 heavy (non-hydrogen) atoms. The minimum absolute atomic E-state index is 0.0973. The van der Waals surface area contributed by atoms with Crippen LogP contribution >= 0.6 is 23.2 Å². The SMILES string of the molecule is C=C1C(=O)O[C@@H]2[C@H]1[C@@H](OC(=O)[C@](C)(O)CCl)CC(=C)[C@@H]1C[C@@H](O)[C@](O)(CCl)[C@H]21. The van der Waals surface area contributed by atoms with Crippen LogP contribution in [0.2, 0.25) is 0 Å². The Labute approximate surface area is 172 Å². The second-order valence-corrected chi connectivity index (χ2v) is 8.68. The molecule has 0 unspecified atom stereocenters. The molecule has 3 rings (SSSR count). The maximum atomic E-state index is 12.4. The molecular weight excluding hydrogens is 411 g/mol. The van der Waals surface area contributed by atoms with Crippen molar-refractivity contribution in [1.82, 2.24) is 0 Å². The monoisotopic (exact) mass is 434 g/mol. The van der Waals surface area contributed by atoms with Gasteiger partial charge in [-0.05, 0) is 19.3 Å². The molecule has 0 aromatic rings. The first-order chi connectivity index (χ1) is 13.0. The van der Waals surface area contributed by atoms with Gasteiger partial charge in [0.15, 0.2) is 5.60 Å². The Morgan fingerprint density at radius 1 is 1.43 bits per heavy atom. The summed E-state index contributed by atoms with van der Waals surface area (Å²) in [5, 5.41) is 31.6. The molecule has 9 heteroatoms. The van der Waals surface area contributed by atoms with Gasteiger partial charge in [0.05, 0.1) is 23.8 Å². The largest absolute Gasteiger partial charge is 0.459 e. The van der Waals surface area contributed by atoms with E-state index in [1.165, 1.54) is 6.92 Å². The third-order valence-electron chi connectivity index (χ3n) is 6.24. The molecule has 7 nitrogen and oxygen atoms in total. The highest BCUT2D eigenvalue weighted by atomic mass is 35.5. The molecule has 1 heterocycles. The van der Waals surface area contributed by atoms with Crippen molar-refractivity contribution in [2.45, 2.75) is 49.3 Å². The smallest absolute Gasteiger partial charge is 0.339 e. The van der Waals surface area contributed by atoms with Gasteiger partial charge in [-0.2, -0.15) is 0 Å². The fraction of sp³-hybridized carbons (Fsp3) is 0.684. The van der Waals surface area contributed by atoms with Crippen molar-refractivity contribution in [3.63, 3.8) is 0 Å². The predicted molar refractivity (Wildman–Crippen MR) is 101 cm³/mol. The Balaban J connectivity index is 2.01. The summed E-state index contributed by atoms with van der Waals surface area (Å²) in [7, 11) is 0. The van der Waals surface area contributed by atoms with Crippen LogP contribution in [-0.2, 0) is 19.1 Å². The van der Waals surface area contributed by atoms with Gasteiger partial charge in [0, 0.05) is 17.9 Å². The summed E-state index contributed by atoms with van der Waals surface area (Å²) in [6, 6.07) is 0. The van der Waals surface area contributed by atoms with Crippen molar-refractivity contribution in [2.24, 2.45) is 17.8 Å². The molecular formula is C19H24Cl2O7. The number of ether oxygens (including phenoxy) is 2. The number of carbonyl (C=O) groups is 2. The molecule has 1 aliphatic heterocycles. The van der Waals surface area contributed by atoms with Gasteiger partial charge in [-0.1, -0.05) is 18.7 Å². The molecule has 0 bridgehead atoms. The van der Waals surface area contributed by atoms with E-state index in [-0.39, 0.29) is 36.1 Å². The molecule has 156 valence electrons. The zero-order chi connectivity index (χ0) is 21.0. The summed E-state index contributed by atoms with van der Waals surface area (Å²) >= 11 is 11.6. The number of hydrogen-bond donors (Lipinski definition) is 3. The Bertz CT molecular complexity index is 721. The van der Waals surface area contributed by atoms with Crippen molar-refractivity contribution in [3.05, 3.63) is 24.3 Å². The number of aliphatic hydroxyl groups is 3. The van der Waals surface area contributed by atoms with Crippen LogP contribution in [0.4, 0.5) is 0 Å². The molecule has 2 aliphatic carbocycles. The van der Waals surface area contributed by atoms with Crippen molar-refractivity contribution in [1.29, 1.82) is 0 Å². The van der Waals surface area contributed by atoms with Crippen molar-refractivity contribution in [3.8, 4) is 0 Å².